The molecule has 2 aliphatic rings. The Morgan fingerprint density at radius 3 is 2.67 bits per heavy atom. The van der Waals surface area contributed by atoms with E-state index in [1.807, 2.05) is 36.4 Å². The maximum atomic E-state index is 7.73. The molecule has 0 aliphatic heterocycles. The van der Waals surface area contributed by atoms with E-state index in [9.17, 15) is 0 Å². The fourth-order valence-corrected chi connectivity index (χ4v) is 2.82. The number of halogens is 1. The molecule has 0 bridgehead atoms. The van der Waals surface area contributed by atoms with Gasteiger partial charge in [0.15, 0.2) is 0 Å². The Kier molecular flexibility index (Phi) is 2.39. The maximum Gasteiger partial charge on any atom is 0.105 e. The molecule has 1 fully saturated rings. The van der Waals surface area contributed by atoms with E-state index in [0.717, 1.165) is 17.0 Å². The normalized spacial score (nSPS) is 29.1. The minimum Gasteiger partial charge on any atom is -0.387 e. The fraction of sp³-hybridized carbons (Fsp3) is 0.200. The number of hydrogen-bond donors (Lipinski definition) is 2. The Balaban J connectivity index is 2.09. The smallest absolute Gasteiger partial charge is 0.105 e. The lowest BCUT2D eigenvalue weighted by Crippen LogP contribution is -2.24. The average molecular weight is 258 g/mol. The van der Waals surface area contributed by atoms with Gasteiger partial charge in [-0.3, -0.25) is 5.41 Å². The van der Waals surface area contributed by atoms with Crippen molar-refractivity contribution < 1.29 is 0 Å². The quantitative estimate of drug-likeness (QED) is 0.476. The van der Waals surface area contributed by atoms with Crippen LogP contribution in [-0.2, 0) is 0 Å². The predicted molar refractivity (Wildman–Crippen MR) is 75.3 cm³/mol. The lowest BCUT2D eigenvalue weighted by molar-refractivity contribution is 0.891. The van der Waals surface area contributed by atoms with Crippen molar-refractivity contribution >= 4 is 23.0 Å². The molecule has 0 heterocycles. The summed E-state index contributed by atoms with van der Waals surface area (Å²) in [5, 5.41) is 8.46. The molecule has 0 aromatic heterocycles. The van der Waals surface area contributed by atoms with Crippen LogP contribution in [0.1, 0.15) is 12.0 Å². The van der Waals surface area contributed by atoms with Crippen LogP contribution in [0.3, 0.4) is 0 Å². The Hall–Kier alpha value is -1.54. The third kappa shape index (κ3) is 1.52. The van der Waals surface area contributed by atoms with Crippen LogP contribution in [-0.4, -0.2) is 5.84 Å². The first-order chi connectivity index (χ1) is 8.54. The molecular weight excluding hydrogens is 244 g/mol. The highest BCUT2D eigenvalue weighted by Gasteiger charge is 2.53. The Labute approximate surface area is 112 Å². The summed E-state index contributed by atoms with van der Waals surface area (Å²) >= 11 is 5.91. The summed E-state index contributed by atoms with van der Waals surface area (Å²) in [4.78, 5) is 0. The van der Waals surface area contributed by atoms with Crippen LogP contribution in [0.15, 0.2) is 42.0 Å². The molecule has 91 valence electrons. The number of amidine groups is 1. The molecule has 2 nitrogen and oxygen atoms in total. The molecule has 0 saturated heterocycles. The summed E-state index contributed by atoms with van der Waals surface area (Å²) in [5.74, 6) is 0.350. The van der Waals surface area contributed by atoms with Gasteiger partial charge in [0.05, 0.1) is 5.41 Å². The molecular formula is C15H14ClN2. The van der Waals surface area contributed by atoms with Gasteiger partial charge in [0.2, 0.25) is 0 Å². The van der Waals surface area contributed by atoms with Crippen molar-refractivity contribution in [1.29, 1.82) is 5.41 Å². The third-order valence-corrected chi connectivity index (χ3v) is 4.07. The predicted octanol–water partition coefficient (Wildman–Crippen LogP) is 3.44. The molecule has 3 N–H and O–H groups in total. The van der Waals surface area contributed by atoms with Crippen molar-refractivity contribution in [3.05, 3.63) is 59.5 Å². The maximum absolute atomic E-state index is 7.73. The summed E-state index contributed by atoms with van der Waals surface area (Å²) in [6.45, 7) is 4.16. The second-order valence-corrected chi connectivity index (χ2v) is 5.36. The van der Waals surface area contributed by atoms with Crippen LogP contribution in [0.25, 0.3) is 5.57 Å². The van der Waals surface area contributed by atoms with Crippen LogP contribution >= 0.6 is 11.6 Å². The van der Waals surface area contributed by atoms with Gasteiger partial charge in [-0.05, 0) is 42.2 Å². The molecule has 2 atom stereocenters. The second-order valence-electron chi connectivity index (χ2n) is 4.93. The molecule has 3 rings (SSSR count). The minimum absolute atomic E-state index is 0.121. The summed E-state index contributed by atoms with van der Waals surface area (Å²) in [6.07, 6.45) is 4.92. The van der Waals surface area contributed by atoms with Crippen LogP contribution < -0.4 is 5.73 Å². The topological polar surface area (TPSA) is 49.9 Å². The Morgan fingerprint density at radius 2 is 2.06 bits per heavy atom. The lowest BCUT2D eigenvalue weighted by Gasteiger charge is -2.20. The Bertz CT molecular complexity index is 583. The molecule has 1 saturated carbocycles. The lowest BCUT2D eigenvalue weighted by atomic mass is 9.85. The van der Waals surface area contributed by atoms with E-state index in [-0.39, 0.29) is 17.2 Å². The van der Waals surface area contributed by atoms with Crippen molar-refractivity contribution in [2.75, 3.05) is 0 Å². The number of allylic oxidation sites excluding steroid dienone is 2. The summed E-state index contributed by atoms with van der Waals surface area (Å²) in [6, 6.07) is 7.77. The van der Waals surface area contributed by atoms with Crippen LogP contribution in [0, 0.1) is 23.7 Å². The van der Waals surface area contributed by atoms with E-state index in [0.29, 0.717) is 0 Å². The van der Waals surface area contributed by atoms with Crippen LogP contribution in [0.4, 0.5) is 0 Å². The largest absolute Gasteiger partial charge is 0.387 e. The highest BCUT2D eigenvalue weighted by molar-refractivity contribution is 6.30. The van der Waals surface area contributed by atoms with Gasteiger partial charge >= 0.3 is 0 Å². The van der Waals surface area contributed by atoms with Gasteiger partial charge in [0, 0.05) is 10.9 Å². The summed E-state index contributed by atoms with van der Waals surface area (Å²) in [7, 11) is 0. The van der Waals surface area contributed by atoms with E-state index in [1.54, 1.807) is 0 Å². The van der Waals surface area contributed by atoms with Crippen molar-refractivity contribution in [2.24, 2.45) is 17.1 Å². The molecule has 2 unspecified atom stereocenters. The van der Waals surface area contributed by atoms with Gasteiger partial charge in [0.1, 0.15) is 5.84 Å². The number of hydrogen-bond acceptors (Lipinski definition) is 1. The molecule has 1 radical (unpaired) electrons. The van der Waals surface area contributed by atoms with Gasteiger partial charge in [-0.15, -0.1) is 0 Å². The standard InChI is InChI=1S/C15H14ClN2/c1-9-6-7-15(14(17)18)8-12(15)13(9)10-2-4-11(16)5-3-10/h2-7,9H,1,8H2,(H3,17,18). The number of benzene rings is 1. The summed E-state index contributed by atoms with van der Waals surface area (Å²) in [5.41, 5.74) is 8.95. The number of fused-ring (bicyclic) bond motifs is 1. The van der Waals surface area contributed by atoms with Gasteiger partial charge in [0.25, 0.3) is 0 Å². The first-order valence-corrected chi connectivity index (χ1v) is 6.29. The highest BCUT2D eigenvalue weighted by Crippen LogP contribution is 2.60. The van der Waals surface area contributed by atoms with E-state index in [2.05, 4.69) is 6.92 Å². The molecule has 0 spiro atoms. The van der Waals surface area contributed by atoms with Crippen LogP contribution in [0.2, 0.25) is 5.02 Å². The first-order valence-electron chi connectivity index (χ1n) is 5.91. The minimum atomic E-state index is -0.316. The number of nitrogens with two attached hydrogens (primary N) is 1. The van der Waals surface area contributed by atoms with Gasteiger partial charge < -0.3 is 5.73 Å². The molecule has 0 amide bonds. The van der Waals surface area contributed by atoms with E-state index in [1.165, 1.54) is 11.1 Å². The number of rotatable bonds is 2. The van der Waals surface area contributed by atoms with E-state index >= 15 is 0 Å². The van der Waals surface area contributed by atoms with Gasteiger partial charge in [-0.1, -0.05) is 35.9 Å². The zero-order valence-electron chi connectivity index (χ0n) is 9.91. The highest BCUT2D eigenvalue weighted by atomic mass is 35.5. The van der Waals surface area contributed by atoms with Crippen LogP contribution in [0.5, 0.6) is 0 Å². The van der Waals surface area contributed by atoms with Crippen molar-refractivity contribution in [2.45, 2.75) is 6.42 Å². The average Bonchev–Trinajstić information content (AvgIpc) is 3.07. The fourth-order valence-electron chi connectivity index (χ4n) is 2.70. The molecule has 1 aromatic rings. The Morgan fingerprint density at radius 1 is 1.39 bits per heavy atom. The third-order valence-electron chi connectivity index (χ3n) is 3.81. The second kappa shape index (κ2) is 3.72. The monoisotopic (exact) mass is 257 g/mol. The van der Waals surface area contributed by atoms with Crippen molar-refractivity contribution in [1.82, 2.24) is 0 Å². The zero-order valence-corrected chi connectivity index (χ0v) is 10.7. The van der Waals surface area contributed by atoms with Crippen molar-refractivity contribution in [3.63, 3.8) is 0 Å². The van der Waals surface area contributed by atoms with E-state index in [4.69, 9.17) is 22.7 Å². The van der Waals surface area contributed by atoms with Crippen molar-refractivity contribution in [3.8, 4) is 0 Å². The molecule has 3 heteroatoms. The molecule has 2 aliphatic carbocycles. The van der Waals surface area contributed by atoms with Gasteiger partial charge in [-0.2, -0.15) is 0 Å². The molecule has 1 aromatic carbocycles. The summed E-state index contributed by atoms with van der Waals surface area (Å²) < 4.78 is 0. The van der Waals surface area contributed by atoms with Gasteiger partial charge in [-0.25, -0.2) is 0 Å². The molecule has 18 heavy (non-hydrogen) atoms. The first kappa shape index (κ1) is 11.5. The zero-order chi connectivity index (χ0) is 12.9. The van der Waals surface area contributed by atoms with E-state index < -0.39 is 0 Å². The number of nitrogens with one attached hydrogen (secondary N) is 1. The SMILES string of the molecule is [CH2]C1C=CC2(C(=N)N)CC2=C1c1ccc(Cl)cc1.